The molecule has 0 saturated carbocycles. The smallest absolute Gasteiger partial charge is 0.420 e. The zero-order chi connectivity index (χ0) is 14.3. The van der Waals surface area contributed by atoms with E-state index < -0.39 is 34.8 Å². The summed E-state index contributed by atoms with van der Waals surface area (Å²) >= 11 is 0. The van der Waals surface area contributed by atoms with E-state index in [1.807, 2.05) is 0 Å². The second kappa shape index (κ2) is 4.29. The van der Waals surface area contributed by atoms with E-state index in [9.17, 15) is 22.4 Å². The third-order valence-electron chi connectivity index (χ3n) is 2.35. The highest BCUT2D eigenvalue weighted by Gasteiger charge is 2.40. The molecule has 1 aromatic heterocycles. The minimum atomic E-state index is -4.86. The van der Waals surface area contributed by atoms with Gasteiger partial charge in [-0.25, -0.2) is 9.18 Å². The first-order chi connectivity index (χ1) is 8.00. The minimum absolute atomic E-state index is 0.585. The maximum absolute atomic E-state index is 13.7. The van der Waals surface area contributed by atoms with E-state index in [0.717, 1.165) is 11.7 Å². The number of hydrogen-bond acceptors (Lipinski definition) is 2. The molecule has 18 heavy (non-hydrogen) atoms. The lowest BCUT2D eigenvalue weighted by atomic mass is 10.1. The lowest BCUT2D eigenvalue weighted by Gasteiger charge is -2.23. The van der Waals surface area contributed by atoms with Gasteiger partial charge in [0, 0.05) is 11.7 Å². The molecule has 0 amide bonds. The van der Waals surface area contributed by atoms with E-state index in [1.54, 1.807) is 20.8 Å². The van der Waals surface area contributed by atoms with Gasteiger partial charge in [0.2, 0.25) is 0 Å². The molecule has 0 N–H and O–H groups in total. The molecule has 0 atom stereocenters. The van der Waals surface area contributed by atoms with E-state index >= 15 is 0 Å². The van der Waals surface area contributed by atoms with Gasteiger partial charge in [0.1, 0.15) is 5.56 Å². The average Bonchev–Trinajstić information content (AvgIpc) is 2.53. The van der Waals surface area contributed by atoms with Gasteiger partial charge in [0.05, 0.1) is 7.11 Å². The van der Waals surface area contributed by atoms with Gasteiger partial charge in [-0.2, -0.15) is 13.2 Å². The number of methoxy groups -OCH3 is 1. The highest BCUT2D eigenvalue weighted by molar-refractivity contribution is 5.88. The largest absolute Gasteiger partial charge is 0.464 e. The van der Waals surface area contributed by atoms with Crippen LogP contribution < -0.4 is 0 Å². The number of hydrogen-bond donors (Lipinski definition) is 0. The maximum Gasteiger partial charge on any atom is 0.420 e. The summed E-state index contributed by atoms with van der Waals surface area (Å²) in [6.07, 6.45) is -4.27. The van der Waals surface area contributed by atoms with Gasteiger partial charge in [0.25, 0.3) is 0 Å². The van der Waals surface area contributed by atoms with Crippen LogP contribution in [0.2, 0.25) is 0 Å². The predicted molar refractivity (Wildman–Crippen MR) is 55.7 cm³/mol. The maximum atomic E-state index is 13.7. The Morgan fingerprint density at radius 3 is 2.11 bits per heavy atom. The predicted octanol–water partition coefficient (Wildman–Crippen LogP) is 3.19. The van der Waals surface area contributed by atoms with E-state index in [-0.39, 0.29) is 0 Å². The van der Waals surface area contributed by atoms with Crippen molar-refractivity contribution >= 4 is 5.97 Å². The van der Waals surface area contributed by atoms with Crippen LogP contribution in [0.15, 0.2) is 6.20 Å². The van der Waals surface area contributed by atoms with Crippen molar-refractivity contribution in [3.8, 4) is 0 Å². The van der Waals surface area contributed by atoms with Crippen molar-refractivity contribution in [1.82, 2.24) is 4.57 Å². The number of aromatic nitrogens is 1. The quantitative estimate of drug-likeness (QED) is 0.578. The number of ether oxygens (including phenoxy) is 1. The van der Waals surface area contributed by atoms with Gasteiger partial charge in [-0.1, -0.05) is 0 Å². The van der Waals surface area contributed by atoms with Gasteiger partial charge in [-0.05, 0) is 20.8 Å². The molecule has 7 heteroatoms. The van der Waals surface area contributed by atoms with Crippen molar-refractivity contribution in [1.29, 1.82) is 0 Å². The Balaban J connectivity index is 3.57. The standard InChI is InChI=1S/C11H13F4NO2/c1-10(2,3)16-5-6(11(13,14)15)7(12)8(16)9(17)18-4/h5H,1-4H3. The molecule has 0 aliphatic heterocycles. The van der Waals surface area contributed by atoms with Crippen LogP contribution in [0, 0.1) is 5.82 Å². The van der Waals surface area contributed by atoms with Gasteiger partial charge in [-0.15, -0.1) is 0 Å². The van der Waals surface area contributed by atoms with Crippen LogP contribution in [0.5, 0.6) is 0 Å². The molecule has 0 aromatic carbocycles. The number of carbonyl (C=O) groups is 1. The van der Waals surface area contributed by atoms with Gasteiger partial charge >= 0.3 is 12.1 Å². The summed E-state index contributed by atoms with van der Waals surface area (Å²) in [4.78, 5) is 11.4. The van der Waals surface area contributed by atoms with Crippen LogP contribution in [0.3, 0.4) is 0 Å². The molecular weight excluding hydrogens is 254 g/mol. The second-order valence-corrected chi connectivity index (χ2v) is 4.74. The SMILES string of the molecule is COC(=O)c1c(F)c(C(F)(F)F)cn1C(C)(C)C. The summed E-state index contributed by atoms with van der Waals surface area (Å²) in [5.74, 6) is -2.75. The third kappa shape index (κ3) is 2.49. The normalized spacial score (nSPS) is 12.7. The molecule has 1 aromatic rings. The Kier molecular flexibility index (Phi) is 3.47. The summed E-state index contributed by atoms with van der Waals surface area (Å²) in [6.45, 7) is 4.66. The zero-order valence-corrected chi connectivity index (χ0v) is 10.4. The third-order valence-corrected chi connectivity index (χ3v) is 2.35. The molecule has 0 radical (unpaired) electrons. The Bertz CT molecular complexity index is 469. The number of rotatable bonds is 1. The van der Waals surface area contributed by atoms with Crippen molar-refractivity contribution in [3.63, 3.8) is 0 Å². The van der Waals surface area contributed by atoms with Crippen molar-refractivity contribution in [2.75, 3.05) is 7.11 Å². The lowest BCUT2D eigenvalue weighted by molar-refractivity contribution is -0.139. The van der Waals surface area contributed by atoms with Crippen LogP contribution in [0.25, 0.3) is 0 Å². The summed E-state index contributed by atoms with van der Waals surface area (Å²) in [6, 6.07) is 0. The Hall–Kier alpha value is -1.53. The Morgan fingerprint density at radius 2 is 1.78 bits per heavy atom. The molecule has 0 saturated heterocycles. The molecular formula is C11H13F4NO2. The monoisotopic (exact) mass is 267 g/mol. The number of halogens is 4. The van der Waals surface area contributed by atoms with Crippen molar-refractivity contribution in [2.45, 2.75) is 32.5 Å². The minimum Gasteiger partial charge on any atom is -0.464 e. The number of nitrogens with zero attached hydrogens (tertiary/aromatic N) is 1. The molecule has 0 aliphatic carbocycles. The molecule has 1 rings (SSSR count). The van der Waals surface area contributed by atoms with Crippen LogP contribution >= 0.6 is 0 Å². The topological polar surface area (TPSA) is 31.2 Å². The fraction of sp³-hybridized carbons (Fsp3) is 0.545. The first-order valence-electron chi connectivity index (χ1n) is 5.07. The molecule has 0 fully saturated rings. The Labute approximate surface area is 101 Å². The van der Waals surface area contributed by atoms with Crippen LogP contribution in [-0.2, 0) is 16.5 Å². The van der Waals surface area contributed by atoms with Gasteiger partial charge in [0.15, 0.2) is 11.5 Å². The number of alkyl halides is 3. The highest BCUT2D eigenvalue weighted by Crippen LogP contribution is 2.35. The fourth-order valence-electron chi connectivity index (χ4n) is 1.49. The average molecular weight is 267 g/mol. The summed E-state index contributed by atoms with van der Waals surface area (Å²) in [5, 5.41) is 0. The molecule has 0 unspecified atom stereocenters. The van der Waals surface area contributed by atoms with Gasteiger partial charge in [-0.3, -0.25) is 0 Å². The molecule has 1 heterocycles. The Morgan fingerprint density at radius 1 is 1.28 bits per heavy atom. The second-order valence-electron chi connectivity index (χ2n) is 4.74. The molecule has 3 nitrogen and oxygen atoms in total. The lowest BCUT2D eigenvalue weighted by Crippen LogP contribution is -2.26. The number of esters is 1. The van der Waals surface area contributed by atoms with E-state index in [4.69, 9.17) is 0 Å². The number of carbonyl (C=O) groups excluding carboxylic acids is 1. The van der Waals surface area contributed by atoms with Crippen molar-refractivity contribution in [3.05, 3.63) is 23.3 Å². The summed E-state index contributed by atoms with van der Waals surface area (Å²) in [5.41, 5.74) is -3.08. The van der Waals surface area contributed by atoms with Crippen molar-refractivity contribution in [2.24, 2.45) is 0 Å². The van der Waals surface area contributed by atoms with Gasteiger partial charge < -0.3 is 9.30 Å². The zero-order valence-electron chi connectivity index (χ0n) is 10.4. The molecule has 102 valence electrons. The molecule has 0 aliphatic rings. The van der Waals surface area contributed by atoms with Crippen LogP contribution in [0.4, 0.5) is 17.6 Å². The summed E-state index contributed by atoms with van der Waals surface area (Å²) in [7, 11) is 0.981. The first kappa shape index (κ1) is 14.5. The van der Waals surface area contributed by atoms with E-state index in [1.165, 1.54) is 0 Å². The van der Waals surface area contributed by atoms with Crippen LogP contribution in [0.1, 0.15) is 36.8 Å². The first-order valence-corrected chi connectivity index (χ1v) is 5.07. The summed E-state index contributed by atoms with van der Waals surface area (Å²) < 4.78 is 56.7. The molecule has 0 bridgehead atoms. The fourth-order valence-corrected chi connectivity index (χ4v) is 1.49. The van der Waals surface area contributed by atoms with Crippen molar-refractivity contribution < 1.29 is 27.1 Å². The van der Waals surface area contributed by atoms with Crippen LogP contribution in [-0.4, -0.2) is 17.6 Å². The van der Waals surface area contributed by atoms with E-state index in [2.05, 4.69) is 4.74 Å². The molecule has 0 spiro atoms. The highest BCUT2D eigenvalue weighted by atomic mass is 19.4. The van der Waals surface area contributed by atoms with E-state index in [0.29, 0.717) is 6.20 Å².